The number of carbonyl (C=O) groups is 2. The summed E-state index contributed by atoms with van der Waals surface area (Å²) in [5.41, 5.74) is 10.5. The van der Waals surface area contributed by atoms with E-state index in [0.29, 0.717) is 32.6 Å². The van der Waals surface area contributed by atoms with E-state index in [2.05, 4.69) is 44.2 Å². The molecule has 0 aromatic carbocycles. The Kier molecular flexibility index (Phi) is 5.97. The topological polar surface area (TPSA) is 106 Å². The quantitative estimate of drug-likeness (QED) is 0.568. The first-order chi connectivity index (χ1) is 16.1. The summed E-state index contributed by atoms with van der Waals surface area (Å²) in [6.45, 7) is 4.58. The van der Waals surface area contributed by atoms with E-state index in [1.54, 1.807) is 22.6 Å². The number of rotatable bonds is 5. The number of fused-ring (bicyclic) bond motifs is 1. The van der Waals surface area contributed by atoms with Crippen LogP contribution < -0.4 is 21.3 Å². The van der Waals surface area contributed by atoms with Crippen LogP contribution in [-0.2, 0) is 16.0 Å². The second kappa shape index (κ2) is 9.20. The first-order valence-corrected chi connectivity index (χ1v) is 11.9. The minimum Gasteiger partial charge on any atom is -0.352 e. The Balaban J connectivity index is 1.16. The molecule has 1 fully saturated rings. The summed E-state index contributed by atoms with van der Waals surface area (Å²) in [4.78, 5) is 40.4. The van der Waals surface area contributed by atoms with Gasteiger partial charge in [0.1, 0.15) is 23.4 Å². The molecule has 1 aliphatic carbocycles. The van der Waals surface area contributed by atoms with Crippen LogP contribution in [0, 0.1) is 0 Å². The Morgan fingerprint density at radius 1 is 1.18 bits per heavy atom. The van der Waals surface area contributed by atoms with Crippen molar-refractivity contribution in [1.29, 1.82) is 0 Å². The Hall–Kier alpha value is -3.44. The summed E-state index contributed by atoms with van der Waals surface area (Å²) in [6.07, 6.45) is 10.9. The van der Waals surface area contributed by atoms with E-state index in [9.17, 15) is 9.59 Å². The number of amides is 2. The predicted octanol–water partition coefficient (Wildman–Crippen LogP) is 1.38. The molecule has 5 rings (SSSR count). The third kappa shape index (κ3) is 4.41. The Morgan fingerprint density at radius 2 is 2.03 bits per heavy atom. The summed E-state index contributed by atoms with van der Waals surface area (Å²) in [5, 5.41) is 2.61. The van der Waals surface area contributed by atoms with Crippen molar-refractivity contribution in [2.45, 2.75) is 26.2 Å². The standard InChI is InChI=1S/C22H26N8O2S/c1-2-15-12-16-21(23-14-24-22(16)33-15)29-10-8-28(9-11-29)20(32)13-19(31)26-30-18-7-5-3-4-6-17(18)25-27-30/h3-6,12,14,25,27H,2,7-11,13H2,1H3,(H,26,31). The average molecular weight is 467 g/mol. The second-order valence-electron chi connectivity index (χ2n) is 7.99. The number of nitrogens with one attached hydrogen (secondary N) is 3. The first-order valence-electron chi connectivity index (χ1n) is 11.1. The zero-order chi connectivity index (χ0) is 22.8. The van der Waals surface area contributed by atoms with Crippen LogP contribution in [0.2, 0.25) is 0 Å². The van der Waals surface area contributed by atoms with Gasteiger partial charge in [-0.05, 0) is 18.6 Å². The SMILES string of the molecule is CCc1cc2c(N3CCN(C(=O)CC(=O)NN4NNC5=C4CC=CC=C5)CC3)ncnc2s1. The third-order valence-electron chi connectivity index (χ3n) is 5.89. The van der Waals surface area contributed by atoms with E-state index in [1.807, 2.05) is 24.3 Å². The zero-order valence-electron chi connectivity index (χ0n) is 18.4. The molecule has 3 N–H and O–H groups in total. The molecule has 2 amide bonds. The molecule has 3 aliphatic rings. The largest absolute Gasteiger partial charge is 0.352 e. The van der Waals surface area contributed by atoms with Gasteiger partial charge in [-0.15, -0.1) is 16.9 Å². The predicted molar refractivity (Wildman–Crippen MR) is 126 cm³/mol. The van der Waals surface area contributed by atoms with E-state index in [1.165, 1.54) is 10.00 Å². The highest BCUT2D eigenvalue weighted by Gasteiger charge is 2.27. The fourth-order valence-electron chi connectivity index (χ4n) is 4.12. The molecule has 0 radical (unpaired) electrons. The molecule has 1 saturated heterocycles. The lowest BCUT2D eigenvalue weighted by molar-refractivity contribution is -0.138. The average Bonchev–Trinajstić information content (AvgIpc) is 3.34. The van der Waals surface area contributed by atoms with Crippen LogP contribution in [0.4, 0.5) is 5.82 Å². The lowest BCUT2D eigenvalue weighted by Crippen LogP contribution is -2.52. The maximum Gasteiger partial charge on any atom is 0.249 e. The Labute approximate surface area is 195 Å². The van der Waals surface area contributed by atoms with Gasteiger partial charge in [-0.25, -0.2) is 15.1 Å². The molecule has 0 atom stereocenters. The molecule has 11 heteroatoms. The number of hydrogen-bond donors (Lipinski definition) is 3. The zero-order valence-corrected chi connectivity index (χ0v) is 19.2. The number of allylic oxidation sites excluding steroid dienone is 4. The van der Waals surface area contributed by atoms with Crippen LogP contribution in [0.3, 0.4) is 0 Å². The molecule has 0 spiro atoms. The highest BCUT2D eigenvalue weighted by molar-refractivity contribution is 7.18. The van der Waals surface area contributed by atoms with Gasteiger partial charge in [-0.2, -0.15) is 0 Å². The number of anilines is 1. The maximum absolute atomic E-state index is 12.8. The van der Waals surface area contributed by atoms with Crippen molar-refractivity contribution in [3.63, 3.8) is 0 Å². The number of aryl methyl sites for hydroxylation is 1. The number of piperazine rings is 1. The fraction of sp³-hybridized carbons (Fsp3) is 0.364. The maximum atomic E-state index is 12.8. The number of hydrogen-bond acceptors (Lipinski definition) is 9. The number of aromatic nitrogens is 2. The second-order valence-corrected chi connectivity index (χ2v) is 9.10. The van der Waals surface area contributed by atoms with Crippen LogP contribution in [-0.4, -0.2) is 58.0 Å². The Bertz CT molecular complexity index is 1160. The summed E-state index contributed by atoms with van der Waals surface area (Å²) < 4.78 is 0. The minimum absolute atomic E-state index is 0.175. The van der Waals surface area contributed by atoms with E-state index < -0.39 is 0 Å². The van der Waals surface area contributed by atoms with Gasteiger partial charge in [0, 0.05) is 37.5 Å². The van der Waals surface area contributed by atoms with Crippen LogP contribution in [0.5, 0.6) is 0 Å². The molecule has 2 aromatic heterocycles. The monoisotopic (exact) mass is 466 g/mol. The van der Waals surface area contributed by atoms with Gasteiger partial charge >= 0.3 is 0 Å². The lowest BCUT2D eigenvalue weighted by Gasteiger charge is -2.35. The van der Waals surface area contributed by atoms with Gasteiger partial charge in [0.2, 0.25) is 11.8 Å². The van der Waals surface area contributed by atoms with E-state index in [4.69, 9.17) is 0 Å². The Morgan fingerprint density at radius 3 is 2.85 bits per heavy atom. The smallest absolute Gasteiger partial charge is 0.249 e. The molecule has 0 unspecified atom stereocenters. The van der Waals surface area contributed by atoms with Crippen LogP contribution in [0.15, 0.2) is 48.1 Å². The molecule has 33 heavy (non-hydrogen) atoms. The van der Waals surface area contributed by atoms with Gasteiger partial charge in [-0.3, -0.25) is 15.0 Å². The fourth-order valence-corrected chi connectivity index (χ4v) is 5.05. The van der Waals surface area contributed by atoms with Crippen LogP contribution >= 0.6 is 11.3 Å². The van der Waals surface area contributed by atoms with Gasteiger partial charge in [-0.1, -0.05) is 25.2 Å². The molecule has 172 valence electrons. The summed E-state index contributed by atoms with van der Waals surface area (Å²) in [6, 6.07) is 2.17. The molecule has 0 saturated carbocycles. The normalized spacial score (nSPS) is 17.9. The van der Waals surface area contributed by atoms with Gasteiger partial charge in [0.05, 0.1) is 16.8 Å². The summed E-state index contributed by atoms with van der Waals surface area (Å²) >= 11 is 1.70. The van der Waals surface area contributed by atoms with Crippen LogP contribution in [0.1, 0.15) is 24.6 Å². The number of thiophene rings is 1. The van der Waals surface area contributed by atoms with Crippen molar-refractivity contribution in [3.05, 3.63) is 53.0 Å². The molecule has 2 aliphatic heterocycles. The van der Waals surface area contributed by atoms with Crippen LogP contribution in [0.25, 0.3) is 10.2 Å². The van der Waals surface area contributed by atoms with E-state index in [0.717, 1.165) is 33.8 Å². The molecule has 0 bridgehead atoms. The van der Waals surface area contributed by atoms with Crippen molar-refractivity contribution >= 4 is 39.2 Å². The van der Waals surface area contributed by atoms with E-state index in [-0.39, 0.29) is 18.2 Å². The number of nitrogens with zero attached hydrogens (tertiary/aromatic N) is 5. The van der Waals surface area contributed by atoms with Crippen molar-refractivity contribution in [3.8, 4) is 0 Å². The first kappa shape index (κ1) is 21.4. The van der Waals surface area contributed by atoms with Crippen molar-refractivity contribution in [2.75, 3.05) is 31.1 Å². The molecular weight excluding hydrogens is 440 g/mol. The van der Waals surface area contributed by atoms with E-state index >= 15 is 0 Å². The van der Waals surface area contributed by atoms with Gasteiger partial charge < -0.3 is 15.2 Å². The molecule has 2 aromatic rings. The highest BCUT2D eigenvalue weighted by Crippen LogP contribution is 2.31. The molecular formula is C22H26N8O2S. The summed E-state index contributed by atoms with van der Waals surface area (Å²) in [5.74, 6) is 0.389. The third-order valence-corrected chi connectivity index (χ3v) is 7.08. The minimum atomic E-state index is -0.356. The van der Waals surface area contributed by atoms with Crippen molar-refractivity contribution in [2.24, 2.45) is 0 Å². The molecule has 10 nitrogen and oxygen atoms in total. The van der Waals surface area contributed by atoms with Gasteiger partial charge in [0.15, 0.2) is 0 Å². The van der Waals surface area contributed by atoms with Crippen molar-refractivity contribution in [1.82, 2.24) is 36.4 Å². The van der Waals surface area contributed by atoms with Gasteiger partial charge in [0.25, 0.3) is 0 Å². The van der Waals surface area contributed by atoms with Crippen molar-refractivity contribution < 1.29 is 9.59 Å². The number of hydrazine groups is 3. The molecule has 4 heterocycles. The summed E-state index contributed by atoms with van der Waals surface area (Å²) in [7, 11) is 0. The number of carbonyl (C=O) groups excluding carboxylic acids is 2. The highest BCUT2D eigenvalue weighted by atomic mass is 32.1. The lowest BCUT2D eigenvalue weighted by atomic mass is 10.2.